The summed E-state index contributed by atoms with van der Waals surface area (Å²) in [5, 5.41) is 3.56. The SMILES string of the molecule is CCCC1CCC(NC)C(n2cnc3c2CCCC3)C1. The number of rotatable bonds is 4. The zero-order chi connectivity index (χ0) is 13.9. The molecule has 0 aromatic carbocycles. The van der Waals surface area contributed by atoms with Crippen molar-refractivity contribution in [3.63, 3.8) is 0 Å². The lowest BCUT2D eigenvalue weighted by Crippen LogP contribution is -2.40. The lowest BCUT2D eigenvalue weighted by Gasteiger charge is -2.38. The van der Waals surface area contributed by atoms with Gasteiger partial charge in [-0.15, -0.1) is 0 Å². The predicted molar refractivity (Wildman–Crippen MR) is 83.0 cm³/mol. The van der Waals surface area contributed by atoms with Crippen molar-refractivity contribution >= 4 is 0 Å². The van der Waals surface area contributed by atoms with Gasteiger partial charge in [0, 0.05) is 11.7 Å². The molecule has 1 heterocycles. The second-order valence-corrected chi connectivity index (χ2v) is 6.68. The van der Waals surface area contributed by atoms with E-state index < -0.39 is 0 Å². The van der Waals surface area contributed by atoms with Crippen molar-refractivity contribution in [1.29, 1.82) is 0 Å². The van der Waals surface area contributed by atoms with E-state index in [4.69, 9.17) is 4.98 Å². The molecule has 2 aliphatic carbocycles. The van der Waals surface area contributed by atoms with Crippen molar-refractivity contribution in [2.45, 2.75) is 76.8 Å². The number of fused-ring (bicyclic) bond motifs is 1. The van der Waals surface area contributed by atoms with Gasteiger partial charge in [0.2, 0.25) is 0 Å². The fraction of sp³-hybridized carbons (Fsp3) is 0.824. The van der Waals surface area contributed by atoms with E-state index in [1.54, 1.807) is 5.69 Å². The van der Waals surface area contributed by atoms with Crippen LogP contribution < -0.4 is 5.32 Å². The standard InChI is InChI=1S/C17H29N3/c1-3-6-13-9-10-14(18-2)17(11-13)20-12-19-15-7-4-5-8-16(15)20/h12-14,17-18H,3-11H2,1-2H3. The summed E-state index contributed by atoms with van der Waals surface area (Å²) >= 11 is 0. The summed E-state index contributed by atoms with van der Waals surface area (Å²) in [6, 6.07) is 1.25. The zero-order valence-electron chi connectivity index (χ0n) is 13.1. The van der Waals surface area contributed by atoms with Gasteiger partial charge < -0.3 is 9.88 Å². The molecule has 1 N–H and O–H groups in total. The van der Waals surface area contributed by atoms with E-state index in [1.807, 2.05) is 0 Å². The van der Waals surface area contributed by atoms with Gasteiger partial charge in [0.1, 0.15) is 0 Å². The molecule has 2 aliphatic rings. The molecule has 112 valence electrons. The number of imidazole rings is 1. The van der Waals surface area contributed by atoms with E-state index in [2.05, 4.69) is 30.2 Å². The minimum atomic E-state index is 0.625. The Hall–Kier alpha value is -0.830. The Kier molecular flexibility index (Phi) is 4.45. The molecule has 0 amide bonds. The molecule has 3 nitrogen and oxygen atoms in total. The zero-order valence-corrected chi connectivity index (χ0v) is 13.1. The number of nitrogens with zero attached hydrogens (tertiary/aromatic N) is 2. The van der Waals surface area contributed by atoms with Crippen LogP contribution in [-0.4, -0.2) is 22.6 Å². The Balaban J connectivity index is 1.83. The number of hydrogen-bond donors (Lipinski definition) is 1. The first-order chi connectivity index (χ1) is 9.83. The number of nitrogens with one attached hydrogen (secondary N) is 1. The van der Waals surface area contributed by atoms with E-state index in [1.165, 1.54) is 63.5 Å². The van der Waals surface area contributed by atoms with Crippen molar-refractivity contribution in [2.75, 3.05) is 7.05 Å². The van der Waals surface area contributed by atoms with Crippen LogP contribution in [0.2, 0.25) is 0 Å². The number of aromatic nitrogens is 2. The third-order valence-electron chi connectivity index (χ3n) is 5.41. The van der Waals surface area contributed by atoms with Gasteiger partial charge in [0.05, 0.1) is 18.1 Å². The fourth-order valence-electron chi connectivity index (χ4n) is 4.32. The Labute approximate surface area is 123 Å². The smallest absolute Gasteiger partial charge is 0.0954 e. The molecule has 3 rings (SSSR count). The Bertz CT molecular complexity index is 437. The second-order valence-electron chi connectivity index (χ2n) is 6.68. The summed E-state index contributed by atoms with van der Waals surface area (Å²) in [5.41, 5.74) is 2.92. The summed E-state index contributed by atoms with van der Waals surface area (Å²) in [4.78, 5) is 4.71. The third kappa shape index (κ3) is 2.65. The third-order valence-corrected chi connectivity index (χ3v) is 5.41. The summed E-state index contributed by atoms with van der Waals surface area (Å²) in [7, 11) is 2.13. The molecule has 0 aliphatic heterocycles. The van der Waals surface area contributed by atoms with Gasteiger partial charge in [-0.1, -0.05) is 19.8 Å². The van der Waals surface area contributed by atoms with Gasteiger partial charge in [-0.2, -0.15) is 0 Å². The topological polar surface area (TPSA) is 29.9 Å². The number of hydrogen-bond acceptors (Lipinski definition) is 2. The Morgan fingerprint density at radius 2 is 2.15 bits per heavy atom. The molecule has 1 saturated carbocycles. The lowest BCUT2D eigenvalue weighted by atomic mass is 9.80. The maximum absolute atomic E-state index is 4.71. The van der Waals surface area contributed by atoms with Crippen LogP contribution in [0.25, 0.3) is 0 Å². The first-order valence-electron chi connectivity index (χ1n) is 8.55. The monoisotopic (exact) mass is 275 g/mol. The number of likely N-dealkylation sites (N-methyl/N-ethyl adjacent to an activating group) is 1. The van der Waals surface area contributed by atoms with E-state index in [0.29, 0.717) is 12.1 Å². The van der Waals surface area contributed by atoms with Crippen LogP contribution in [0.15, 0.2) is 6.33 Å². The van der Waals surface area contributed by atoms with Crippen LogP contribution in [0.5, 0.6) is 0 Å². The maximum atomic E-state index is 4.71. The van der Waals surface area contributed by atoms with Gasteiger partial charge >= 0.3 is 0 Å². The van der Waals surface area contributed by atoms with E-state index >= 15 is 0 Å². The van der Waals surface area contributed by atoms with Crippen LogP contribution >= 0.6 is 0 Å². The molecule has 3 atom stereocenters. The van der Waals surface area contributed by atoms with Gasteiger partial charge in [-0.3, -0.25) is 0 Å². The maximum Gasteiger partial charge on any atom is 0.0954 e. The second kappa shape index (κ2) is 6.30. The van der Waals surface area contributed by atoms with E-state index in [-0.39, 0.29) is 0 Å². The quantitative estimate of drug-likeness (QED) is 0.911. The average molecular weight is 275 g/mol. The lowest BCUT2D eigenvalue weighted by molar-refractivity contribution is 0.201. The van der Waals surface area contributed by atoms with Crippen molar-refractivity contribution in [3.8, 4) is 0 Å². The summed E-state index contributed by atoms with van der Waals surface area (Å²) < 4.78 is 2.54. The molecule has 3 heteroatoms. The fourth-order valence-corrected chi connectivity index (χ4v) is 4.32. The molecule has 0 bridgehead atoms. The average Bonchev–Trinajstić information content (AvgIpc) is 2.91. The largest absolute Gasteiger partial charge is 0.330 e. The molecular weight excluding hydrogens is 246 g/mol. The predicted octanol–water partition coefficient (Wildman–Crippen LogP) is 3.49. The van der Waals surface area contributed by atoms with Gasteiger partial charge in [-0.25, -0.2) is 4.98 Å². The highest BCUT2D eigenvalue weighted by molar-refractivity contribution is 5.18. The van der Waals surface area contributed by atoms with Crippen LogP contribution in [-0.2, 0) is 12.8 Å². The molecule has 20 heavy (non-hydrogen) atoms. The van der Waals surface area contributed by atoms with Crippen LogP contribution in [0.3, 0.4) is 0 Å². The first kappa shape index (κ1) is 14.1. The Morgan fingerprint density at radius 3 is 2.95 bits per heavy atom. The van der Waals surface area contributed by atoms with Gasteiger partial charge in [0.15, 0.2) is 0 Å². The van der Waals surface area contributed by atoms with E-state index in [0.717, 1.165) is 5.92 Å². The molecule has 1 aromatic heterocycles. The van der Waals surface area contributed by atoms with Crippen LogP contribution in [0.1, 0.15) is 69.3 Å². The Morgan fingerprint density at radius 1 is 1.30 bits per heavy atom. The highest BCUT2D eigenvalue weighted by Gasteiger charge is 2.32. The first-order valence-corrected chi connectivity index (χ1v) is 8.55. The van der Waals surface area contributed by atoms with Crippen LogP contribution in [0.4, 0.5) is 0 Å². The summed E-state index contributed by atoms with van der Waals surface area (Å²) in [6.07, 6.45) is 14.0. The molecule has 1 aromatic rings. The molecule has 3 unspecified atom stereocenters. The molecule has 1 fully saturated rings. The van der Waals surface area contributed by atoms with E-state index in [9.17, 15) is 0 Å². The highest BCUT2D eigenvalue weighted by atomic mass is 15.1. The van der Waals surface area contributed by atoms with Gasteiger partial charge in [-0.05, 0) is 57.9 Å². The van der Waals surface area contributed by atoms with Crippen LogP contribution in [0, 0.1) is 5.92 Å². The van der Waals surface area contributed by atoms with Crippen molar-refractivity contribution < 1.29 is 0 Å². The van der Waals surface area contributed by atoms with Crippen molar-refractivity contribution in [3.05, 3.63) is 17.7 Å². The molecular formula is C17H29N3. The molecule has 0 saturated heterocycles. The summed E-state index contributed by atoms with van der Waals surface area (Å²) in [5.74, 6) is 0.913. The normalized spacial score (nSPS) is 30.2. The van der Waals surface area contributed by atoms with Gasteiger partial charge in [0.25, 0.3) is 0 Å². The molecule has 0 radical (unpaired) electrons. The minimum Gasteiger partial charge on any atom is -0.330 e. The van der Waals surface area contributed by atoms with Crippen molar-refractivity contribution in [1.82, 2.24) is 14.9 Å². The minimum absolute atomic E-state index is 0.625. The number of aryl methyl sites for hydroxylation is 1. The molecule has 0 spiro atoms. The summed E-state index contributed by atoms with van der Waals surface area (Å²) in [6.45, 7) is 2.32. The van der Waals surface area contributed by atoms with Crippen molar-refractivity contribution in [2.24, 2.45) is 5.92 Å². The highest BCUT2D eigenvalue weighted by Crippen LogP contribution is 2.37.